The molecule has 5 nitrogen and oxygen atoms in total. The molecule has 0 radical (unpaired) electrons. The molecule has 3 heterocycles. The van der Waals surface area contributed by atoms with E-state index in [1.54, 1.807) is 0 Å². The first-order valence-corrected chi connectivity index (χ1v) is 10.8. The fourth-order valence-corrected chi connectivity index (χ4v) is 3.78. The Bertz CT molecular complexity index is 862. The van der Waals surface area contributed by atoms with E-state index < -0.39 is 22.8 Å². The summed E-state index contributed by atoms with van der Waals surface area (Å²) in [5, 5.41) is 1.64. The Morgan fingerprint density at radius 1 is 1.09 bits per heavy atom. The summed E-state index contributed by atoms with van der Waals surface area (Å²) in [6.07, 6.45) is -6.15. The number of rotatable bonds is 8. The molecule has 0 aromatic carbocycles. The van der Waals surface area contributed by atoms with Crippen molar-refractivity contribution in [2.75, 3.05) is 19.7 Å². The lowest BCUT2D eigenvalue weighted by Gasteiger charge is -2.31. The van der Waals surface area contributed by atoms with Gasteiger partial charge in [0.1, 0.15) is 11.0 Å². The summed E-state index contributed by atoms with van der Waals surface area (Å²) in [4.78, 5) is 8.37. The highest BCUT2D eigenvalue weighted by Gasteiger charge is 2.36. The maximum absolute atomic E-state index is 13.1. The van der Waals surface area contributed by atoms with Gasteiger partial charge in [0.2, 0.25) is 10.9 Å². The van der Waals surface area contributed by atoms with Crippen LogP contribution in [-0.4, -0.2) is 35.8 Å². The number of piperidine rings is 1. The number of ether oxygens (including phenoxy) is 2. The zero-order valence-electron chi connectivity index (χ0n) is 17.1. The number of alkyl halides is 6. The van der Waals surface area contributed by atoms with E-state index >= 15 is 0 Å². The third-order valence-electron chi connectivity index (χ3n) is 4.66. The van der Waals surface area contributed by atoms with Crippen molar-refractivity contribution in [2.45, 2.75) is 51.1 Å². The van der Waals surface area contributed by atoms with E-state index in [0.29, 0.717) is 56.5 Å². The maximum atomic E-state index is 13.1. The summed E-state index contributed by atoms with van der Waals surface area (Å²) < 4.78 is 88.4. The first-order chi connectivity index (χ1) is 15.1. The van der Waals surface area contributed by atoms with Gasteiger partial charge in [0.15, 0.2) is 5.75 Å². The molecule has 2 aromatic heterocycles. The normalized spacial score (nSPS) is 16.2. The van der Waals surface area contributed by atoms with Crippen molar-refractivity contribution in [3.05, 3.63) is 34.8 Å². The second-order valence-corrected chi connectivity index (χ2v) is 8.20. The topological polar surface area (TPSA) is 43.8 Å². The molecular weight excluding hydrogens is 462 g/mol. The molecular formula is C20H22F6N2O3S. The Kier molecular flexibility index (Phi) is 7.75. The Morgan fingerprint density at radius 2 is 1.81 bits per heavy atom. The van der Waals surface area contributed by atoms with Gasteiger partial charge in [-0.15, -0.1) is 5.06 Å². The number of hydroxylamine groups is 2. The van der Waals surface area contributed by atoms with Crippen LogP contribution < -0.4 is 14.3 Å². The van der Waals surface area contributed by atoms with Gasteiger partial charge in [0.05, 0.1) is 12.2 Å². The van der Waals surface area contributed by atoms with E-state index in [9.17, 15) is 26.3 Å². The molecule has 0 aliphatic carbocycles. The van der Waals surface area contributed by atoms with E-state index in [2.05, 4.69) is 4.98 Å². The molecule has 178 valence electrons. The molecule has 0 unspecified atom stereocenters. The van der Waals surface area contributed by atoms with Crippen molar-refractivity contribution in [1.29, 1.82) is 0 Å². The molecule has 0 saturated carbocycles. The zero-order chi connectivity index (χ0) is 23.4. The predicted octanol–water partition coefficient (Wildman–Crippen LogP) is 6.20. The fourth-order valence-electron chi connectivity index (χ4n) is 2.94. The van der Waals surface area contributed by atoms with Gasteiger partial charge < -0.3 is 14.3 Å². The van der Waals surface area contributed by atoms with Crippen molar-refractivity contribution in [3.63, 3.8) is 0 Å². The van der Waals surface area contributed by atoms with Gasteiger partial charge in [-0.3, -0.25) is 0 Å². The van der Waals surface area contributed by atoms with Gasteiger partial charge in [-0.2, -0.15) is 26.3 Å². The van der Waals surface area contributed by atoms with E-state index in [-0.39, 0.29) is 22.8 Å². The molecule has 0 bridgehead atoms. The number of hydrogen-bond donors (Lipinski definition) is 0. The molecule has 0 N–H and O–H groups in total. The Morgan fingerprint density at radius 3 is 2.38 bits per heavy atom. The predicted molar refractivity (Wildman–Crippen MR) is 105 cm³/mol. The minimum absolute atomic E-state index is 0.0247. The third kappa shape index (κ3) is 6.64. The van der Waals surface area contributed by atoms with Crippen molar-refractivity contribution in [1.82, 2.24) is 10.0 Å². The second-order valence-electron chi connectivity index (χ2n) is 7.18. The van der Waals surface area contributed by atoms with Crippen LogP contribution in [0.5, 0.6) is 16.7 Å². The quantitative estimate of drug-likeness (QED) is 0.330. The molecule has 12 heteroatoms. The van der Waals surface area contributed by atoms with Crippen LogP contribution in [0, 0.1) is 0 Å². The van der Waals surface area contributed by atoms with Gasteiger partial charge in [-0.05, 0) is 12.5 Å². The van der Waals surface area contributed by atoms with Crippen LogP contribution >= 0.6 is 11.3 Å². The van der Waals surface area contributed by atoms with Crippen LogP contribution in [0.1, 0.15) is 43.0 Å². The second kappa shape index (κ2) is 10.2. The third-order valence-corrected chi connectivity index (χ3v) is 5.73. The van der Waals surface area contributed by atoms with Crippen molar-refractivity contribution in [2.24, 2.45) is 0 Å². The minimum atomic E-state index is -4.49. The fraction of sp³-hybridized carbons (Fsp3) is 0.550. The van der Waals surface area contributed by atoms with Gasteiger partial charge in [0, 0.05) is 44.3 Å². The number of thiophene rings is 1. The highest BCUT2D eigenvalue weighted by molar-refractivity contribution is 7.14. The summed E-state index contributed by atoms with van der Waals surface area (Å²) >= 11 is 0.515. The first kappa shape index (κ1) is 24.4. The van der Waals surface area contributed by atoms with Crippen LogP contribution in [0.4, 0.5) is 26.3 Å². The molecule has 0 spiro atoms. The Labute approximate surface area is 184 Å². The van der Waals surface area contributed by atoms with Crippen LogP contribution in [0.25, 0.3) is 0 Å². The van der Waals surface area contributed by atoms with Crippen LogP contribution in [0.2, 0.25) is 0 Å². The number of pyridine rings is 1. The Hall–Kier alpha value is -2.21. The number of nitrogens with zero attached hydrogens (tertiary/aromatic N) is 2. The number of hydrogen-bond acceptors (Lipinski definition) is 6. The average molecular weight is 484 g/mol. The lowest BCUT2D eigenvalue weighted by atomic mass is 10.1. The molecule has 3 rings (SSSR count). The molecule has 32 heavy (non-hydrogen) atoms. The molecule has 0 amide bonds. The largest absolute Gasteiger partial charge is 0.485 e. The lowest BCUT2D eigenvalue weighted by molar-refractivity contribution is -0.138. The summed E-state index contributed by atoms with van der Waals surface area (Å²) in [7, 11) is 0. The SMILES string of the molecule is CCCCOc1sc(C(F)(F)F)cc1OC1CCN(Oc2ccc(C(F)(F)F)cn2)CC1. The number of halogens is 6. The van der Waals surface area contributed by atoms with Crippen LogP contribution in [-0.2, 0) is 12.4 Å². The van der Waals surface area contributed by atoms with Gasteiger partial charge in [-0.25, -0.2) is 4.98 Å². The van der Waals surface area contributed by atoms with E-state index in [4.69, 9.17) is 14.3 Å². The maximum Gasteiger partial charge on any atom is 0.425 e. The van der Waals surface area contributed by atoms with Gasteiger partial charge in [-0.1, -0.05) is 24.7 Å². The van der Waals surface area contributed by atoms with Crippen LogP contribution in [0.3, 0.4) is 0 Å². The van der Waals surface area contributed by atoms with E-state index in [0.717, 1.165) is 24.6 Å². The van der Waals surface area contributed by atoms with Crippen LogP contribution in [0.15, 0.2) is 24.4 Å². The molecule has 1 saturated heterocycles. The molecule has 1 aliphatic rings. The molecule has 1 aliphatic heterocycles. The van der Waals surface area contributed by atoms with Gasteiger partial charge >= 0.3 is 12.4 Å². The van der Waals surface area contributed by atoms with Crippen molar-refractivity contribution in [3.8, 4) is 16.7 Å². The van der Waals surface area contributed by atoms with Crippen molar-refractivity contribution < 1.29 is 40.7 Å². The van der Waals surface area contributed by atoms with Gasteiger partial charge in [0.25, 0.3) is 0 Å². The Balaban J connectivity index is 1.55. The number of unbranched alkanes of at least 4 members (excludes halogenated alkanes) is 1. The standard InChI is InChI=1S/C20H22F6N2O3S/c1-2-3-10-29-18-15(11-16(32-18)20(24,25)26)30-14-6-8-28(9-7-14)31-17-5-4-13(12-27-17)19(21,22)23/h4-5,11-12,14H,2-3,6-10H2,1H3. The summed E-state index contributed by atoms with van der Waals surface area (Å²) in [6, 6.07) is 2.98. The summed E-state index contributed by atoms with van der Waals surface area (Å²) in [5.41, 5.74) is -0.872. The lowest BCUT2D eigenvalue weighted by Crippen LogP contribution is -2.40. The average Bonchev–Trinajstić information content (AvgIpc) is 3.13. The summed E-state index contributed by atoms with van der Waals surface area (Å²) in [5.74, 6) is 0.0961. The highest BCUT2D eigenvalue weighted by Crippen LogP contribution is 2.45. The molecule has 2 aromatic rings. The van der Waals surface area contributed by atoms with E-state index in [1.165, 1.54) is 5.06 Å². The molecule has 0 atom stereocenters. The first-order valence-electron chi connectivity index (χ1n) is 10.0. The highest BCUT2D eigenvalue weighted by atomic mass is 32.1. The monoisotopic (exact) mass is 484 g/mol. The van der Waals surface area contributed by atoms with Crippen molar-refractivity contribution >= 4 is 11.3 Å². The number of aromatic nitrogens is 1. The molecule has 1 fully saturated rings. The zero-order valence-corrected chi connectivity index (χ0v) is 17.9. The summed E-state index contributed by atoms with van der Waals surface area (Å²) in [6.45, 7) is 2.99. The minimum Gasteiger partial charge on any atom is -0.485 e. The smallest absolute Gasteiger partial charge is 0.425 e. The van der Waals surface area contributed by atoms with E-state index in [1.807, 2.05) is 6.92 Å².